The Balaban J connectivity index is 2.59. The van der Waals surface area contributed by atoms with Crippen molar-refractivity contribution in [1.29, 1.82) is 0 Å². The maximum atomic E-state index is 5.30. The third-order valence-corrected chi connectivity index (χ3v) is 1.01. The molecule has 0 aromatic carbocycles. The van der Waals surface area contributed by atoms with Gasteiger partial charge < -0.3 is 5.73 Å². The number of aromatic nitrogens is 1. The zero-order valence-electron chi connectivity index (χ0n) is 6.28. The zero-order valence-corrected chi connectivity index (χ0v) is 6.28. The van der Waals surface area contributed by atoms with Crippen molar-refractivity contribution in [2.75, 3.05) is 5.43 Å². The van der Waals surface area contributed by atoms with Crippen LogP contribution in [0.3, 0.4) is 0 Å². The topological polar surface area (TPSA) is 63.3 Å². The predicted molar refractivity (Wildman–Crippen MR) is 45.2 cm³/mol. The number of nitrogens with one attached hydrogen (secondary N) is 1. The molecule has 1 heterocycles. The maximum Gasteiger partial charge on any atom is 0.146 e. The minimum Gasteiger partial charge on any atom is -0.386 e. The molecule has 3 N–H and O–H groups in total. The number of hydrogen-bond donors (Lipinski definition) is 2. The van der Waals surface area contributed by atoms with Gasteiger partial charge in [-0.15, -0.1) is 0 Å². The quantitative estimate of drug-likeness (QED) is 0.372. The van der Waals surface area contributed by atoms with Crippen LogP contribution in [0.15, 0.2) is 29.5 Å². The Morgan fingerprint density at radius 1 is 1.64 bits per heavy atom. The van der Waals surface area contributed by atoms with Crippen LogP contribution in [-0.4, -0.2) is 10.8 Å². The molecule has 58 valence electrons. The first-order valence-corrected chi connectivity index (χ1v) is 3.26. The molecule has 0 aliphatic heterocycles. The normalized spacial score (nSPS) is 11.2. The van der Waals surface area contributed by atoms with E-state index in [1.807, 2.05) is 18.2 Å². The van der Waals surface area contributed by atoms with Gasteiger partial charge in [-0.3, -0.25) is 5.43 Å². The maximum absolute atomic E-state index is 5.30. The Hall–Kier alpha value is -1.58. The van der Waals surface area contributed by atoms with Gasteiger partial charge in [0.2, 0.25) is 0 Å². The molecule has 0 spiro atoms. The molecule has 0 bridgehead atoms. The van der Waals surface area contributed by atoms with Crippen molar-refractivity contribution in [3.63, 3.8) is 0 Å². The molecule has 0 atom stereocenters. The van der Waals surface area contributed by atoms with Crippen LogP contribution < -0.4 is 11.2 Å². The molecule has 0 radical (unpaired) electrons. The number of pyridine rings is 1. The summed E-state index contributed by atoms with van der Waals surface area (Å²) in [5, 5.41) is 3.78. The molecule has 4 heteroatoms. The molecule has 4 nitrogen and oxygen atoms in total. The lowest BCUT2D eigenvalue weighted by molar-refractivity contribution is 1.21. The van der Waals surface area contributed by atoms with Crippen LogP contribution in [-0.2, 0) is 0 Å². The van der Waals surface area contributed by atoms with Crippen LogP contribution in [0.5, 0.6) is 0 Å². The standard InChI is InChI=1S/C7H10N4/c1-6(8)10-11-7-4-2-3-5-9-7/h2-5H,1H3,(H2,8,10)(H,9,11). The third-order valence-electron chi connectivity index (χ3n) is 1.01. The SMILES string of the molecule is C/C(N)=N\Nc1ccccn1. The van der Waals surface area contributed by atoms with Gasteiger partial charge in [-0.05, 0) is 19.1 Å². The average molecular weight is 150 g/mol. The molecule has 0 aliphatic carbocycles. The molecule has 0 saturated carbocycles. The van der Waals surface area contributed by atoms with Gasteiger partial charge >= 0.3 is 0 Å². The van der Waals surface area contributed by atoms with E-state index in [-0.39, 0.29) is 0 Å². The first kappa shape index (κ1) is 7.53. The van der Waals surface area contributed by atoms with Gasteiger partial charge in [-0.2, -0.15) is 5.10 Å². The van der Waals surface area contributed by atoms with E-state index in [2.05, 4.69) is 15.5 Å². The van der Waals surface area contributed by atoms with Crippen molar-refractivity contribution in [1.82, 2.24) is 4.98 Å². The second kappa shape index (κ2) is 3.55. The minimum absolute atomic E-state index is 0.482. The van der Waals surface area contributed by atoms with E-state index in [4.69, 9.17) is 5.73 Å². The lowest BCUT2D eigenvalue weighted by atomic mass is 10.5. The summed E-state index contributed by atoms with van der Waals surface area (Å²) >= 11 is 0. The van der Waals surface area contributed by atoms with Crippen molar-refractivity contribution in [2.24, 2.45) is 10.8 Å². The highest BCUT2D eigenvalue weighted by Crippen LogP contribution is 1.98. The second-order valence-corrected chi connectivity index (χ2v) is 2.08. The van der Waals surface area contributed by atoms with Crippen LogP contribution >= 0.6 is 0 Å². The Morgan fingerprint density at radius 3 is 3.00 bits per heavy atom. The van der Waals surface area contributed by atoms with E-state index in [9.17, 15) is 0 Å². The summed E-state index contributed by atoms with van der Waals surface area (Å²) in [7, 11) is 0. The van der Waals surface area contributed by atoms with E-state index in [1.54, 1.807) is 13.1 Å². The number of rotatable bonds is 2. The Labute approximate surface area is 65.1 Å². The van der Waals surface area contributed by atoms with Crippen LogP contribution in [0.25, 0.3) is 0 Å². The van der Waals surface area contributed by atoms with Gasteiger partial charge in [0.1, 0.15) is 11.7 Å². The molecule has 1 aromatic rings. The molecular formula is C7H10N4. The number of anilines is 1. The van der Waals surface area contributed by atoms with Gasteiger partial charge in [0.15, 0.2) is 0 Å². The molecule has 11 heavy (non-hydrogen) atoms. The summed E-state index contributed by atoms with van der Waals surface area (Å²) in [6.07, 6.45) is 1.68. The Bertz CT molecular complexity index is 238. The summed E-state index contributed by atoms with van der Waals surface area (Å²) in [6.45, 7) is 1.70. The third kappa shape index (κ3) is 2.66. The number of nitrogens with two attached hydrogens (primary N) is 1. The zero-order chi connectivity index (χ0) is 8.10. The van der Waals surface area contributed by atoms with Crippen LogP contribution in [0, 0.1) is 0 Å². The molecule has 0 amide bonds. The average Bonchev–Trinajstić information content (AvgIpc) is 2.03. The lowest BCUT2D eigenvalue weighted by Gasteiger charge is -1.96. The summed E-state index contributed by atoms with van der Waals surface area (Å²) in [6, 6.07) is 5.52. The highest BCUT2D eigenvalue weighted by molar-refractivity contribution is 5.78. The molecule has 1 aromatic heterocycles. The van der Waals surface area contributed by atoms with Crippen LogP contribution in [0.2, 0.25) is 0 Å². The number of hydrazone groups is 1. The van der Waals surface area contributed by atoms with Crippen molar-refractivity contribution in [2.45, 2.75) is 6.92 Å². The first-order valence-electron chi connectivity index (χ1n) is 3.26. The van der Waals surface area contributed by atoms with Crippen LogP contribution in [0.1, 0.15) is 6.92 Å². The van der Waals surface area contributed by atoms with Gasteiger partial charge in [0.05, 0.1) is 0 Å². The van der Waals surface area contributed by atoms with Crippen molar-refractivity contribution in [3.05, 3.63) is 24.4 Å². The van der Waals surface area contributed by atoms with Crippen molar-refractivity contribution >= 4 is 11.7 Å². The molecule has 0 saturated heterocycles. The fourth-order valence-electron chi connectivity index (χ4n) is 0.574. The molecule has 0 fully saturated rings. The van der Waals surface area contributed by atoms with E-state index in [0.29, 0.717) is 11.7 Å². The van der Waals surface area contributed by atoms with Gasteiger partial charge in [0, 0.05) is 6.20 Å². The summed E-state index contributed by atoms with van der Waals surface area (Å²) in [4.78, 5) is 3.98. The minimum atomic E-state index is 0.482. The monoisotopic (exact) mass is 150 g/mol. The summed E-state index contributed by atoms with van der Waals surface area (Å²) in [5.74, 6) is 1.17. The highest BCUT2D eigenvalue weighted by atomic mass is 15.3. The summed E-state index contributed by atoms with van der Waals surface area (Å²) in [5.41, 5.74) is 8.00. The van der Waals surface area contributed by atoms with E-state index >= 15 is 0 Å². The summed E-state index contributed by atoms with van der Waals surface area (Å²) < 4.78 is 0. The van der Waals surface area contributed by atoms with E-state index in [1.165, 1.54) is 0 Å². The molecule has 0 aliphatic rings. The van der Waals surface area contributed by atoms with Crippen LogP contribution in [0.4, 0.5) is 5.82 Å². The second-order valence-electron chi connectivity index (χ2n) is 2.08. The predicted octanol–water partition coefficient (Wildman–Crippen LogP) is 0.786. The smallest absolute Gasteiger partial charge is 0.146 e. The van der Waals surface area contributed by atoms with E-state index < -0.39 is 0 Å². The first-order chi connectivity index (χ1) is 5.29. The number of amidine groups is 1. The fourth-order valence-corrected chi connectivity index (χ4v) is 0.574. The molecule has 0 unspecified atom stereocenters. The van der Waals surface area contributed by atoms with E-state index in [0.717, 1.165) is 0 Å². The van der Waals surface area contributed by atoms with Crippen molar-refractivity contribution < 1.29 is 0 Å². The fraction of sp³-hybridized carbons (Fsp3) is 0.143. The largest absolute Gasteiger partial charge is 0.386 e. The van der Waals surface area contributed by atoms with Crippen molar-refractivity contribution in [3.8, 4) is 0 Å². The van der Waals surface area contributed by atoms with Gasteiger partial charge in [-0.1, -0.05) is 6.07 Å². The lowest BCUT2D eigenvalue weighted by Crippen LogP contribution is -2.08. The number of hydrogen-bond acceptors (Lipinski definition) is 3. The van der Waals surface area contributed by atoms with Gasteiger partial charge in [-0.25, -0.2) is 4.98 Å². The van der Waals surface area contributed by atoms with Gasteiger partial charge in [0.25, 0.3) is 0 Å². The highest BCUT2D eigenvalue weighted by Gasteiger charge is 1.85. The molecule has 1 rings (SSSR count). The Kier molecular flexibility index (Phi) is 2.43. The Morgan fingerprint density at radius 2 is 2.45 bits per heavy atom. The molecular weight excluding hydrogens is 140 g/mol. The number of nitrogens with zero attached hydrogens (tertiary/aromatic N) is 2.